The van der Waals surface area contributed by atoms with Crippen LogP contribution >= 0.6 is 0 Å². The molecule has 0 amide bonds. The van der Waals surface area contributed by atoms with Crippen molar-refractivity contribution in [2.24, 2.45) is 5.92 Å². The Morgan fingerprint density at radius 2 is 1.90 bits per heavy atom. The first-order valence-corrected chi connectivity index (χ1v) is 10.3. The second-order valence-electron chi connectivity index (χ2n) is 8.63. The van der Waals surface area contributed by atoms with Gasteiger partial charge in [-0.15, -0.1) is 0 Å². The van der Waals surface area contributed by atoms with Crippen LogP contribution in [0.2, 0.25) is 0 Å². The molecule has 1 spiro atoms. The molecular formula is C23H22F3NO3. The molecule has 1 saturated carbocycles. The van der Waals surface area contributed by atoms with E-state index in [-0.39, 0.29) is 5.60 Å². The highest BCUT2D eigenvalue weighted by Gasteiger charge is 2.43. The molecule has 4 nitrogen and oxygen atoms in total. The summed E-state index contributed by atoms with van der Waals surface area (Å²) in [6.45, 7) is 0.816. The van der Waals surface area contributed by atoms with Crippen LogP contribution in [0.1, 0.15) is 36.8 Å². The molecule has 3 aliphatic rings. The minimum atomic E-state index is -4.46. The Labute approximate surface area is 172 Å². The van der Waals surface area contributed by atoms with Crippen molar-refractivity contribution in [1.82, 2.24) is 0 Å². The maximum absolute atomic E-state index is 13.6. The summed E-state index contributed by atoms with van der Waals surface area (Å²) in [4.78, 5) is 13.0. The predicted octanol–water partition coefficient (Wildman–Crippen LogP) is 5.14. The molecule has 30 heavy (non-hydrogen) atoms. The van der Waals surface area contributed by atoms with Crippen molar-refractivity contribution < 1.29 is 27.8 Å². The van der Waals surface area contributed by atoms with E-state index in [1.165, 1.54) is 6.07 Å². The molecule has 2 aliphatic heterocycles. The lowest BCUT2D eigenvalue weighted by molar-refractivity contribution is -0.142. The van der Waals surface area contributed by atoms with Gasteiger partial charge in [0.15, 0.2) is 0 Å². The van der Waals surface area contributed by atoms with Crippen LogP contribution in [-0.2, 0) is 17.4 Å². The maximum atomic E-state index is 13.6. The van der Waals surface area contributed by atoms with E-state index in [2.05, 4.69) is 0 Å². The van der Waals surface area contributed by atoms with Crippen molar-refractivity contribution in [2.45, 2.75) is 43.9 Å². The maximum Gasteiger partial charge on any atom is 0.416 e. The minimum absolute atomic E-state index is 0.292. The number of benzene rings is 2. The number of alkyl halides is 3. The van der Waals surface area contributed by atoms with E-state index in [4.69, 9.17) is 9.84 Å². The number of nitrogens with zero attached hydrogens (tertiary/aromatic N) is 1. The number of ether oxygens (including phenoxy) is 1. The third-order valence-electron chi connectivity index (χ3n) is 6.71. The topological polar surface area (TPSA) is 49.8 Å². The number of aliphatic carboxylic acids is 1. The monoisotopic (exact) mass is 417 g/mol. The number of hydrogen-bond acceptors (Lipinski definition) is 3. The predicted molar refractivity (Wildman–Crippen MR) is 106 cm³/mol. The fraction of sp³-hybridized carbons (Fsp3) is 0.435. The molecule has 1 saturated heterocycles. The third kappa shape index (κ3) is 3.20. The van der Waals surface area contributed by atoms with Crippen LogP contribution < -0.4 is 9.64 Å². The van der Waals surface area contributed by atoms with E-state index in [0.29, 0.717) is 36.4 Å². The SMILES string of the molecule is O=C(O)C1CN(c2cccc(-c3cc(C(F)(F)F)cc4c3CCC3(CCC3)O4)c2)C1. The summed E-state index contributed by atoms with van der Waals surface area (Å²) in [5, 5.41) is 9.09. The molecule has 0 aromatic heterocycles. The molecule has 5 rings (SSSR count). The molecule has 2 aromatic rings. The standard InChI is InChI=1S/C23H22F3NO3/c24-23(25,26)16-10-19(18-5-8-22(6-2-7-22)30-20(18)11-16)14-3-1-4-17(9-14)27-12-15(13-27)21(28)29/h1,3-4,9-11,15H,2,5-8,12-13H2,(H,28,29). The average molecular weight is 417 g/mol. The second-order valence-corrected chi connectivity index (χ2v) is 8.63. The highest BCUT2D eigenvalue weighted by Crippen LogP contribution is 2.49. The van der Waals surface area contributed by atoms with Gasteiger partial charge in [-0.25, -0.2) is 0 Å². The van der Waals surface area contributed by atoms with Gasteiger partial charge < -0.3 is 14.7 Å². The van der Waals surface area contributed by atoms with Gasteiger partial charge in [-0.1, -0.05) is 12.1 Å². The van der Waals surface area contributed by atoms with E-state index in [1.54, 1.807) is 6.07 Å². The minimum Gasteiger partial charge on any atom is -0.487 e. The highest BCUT2D eigenvalue weighted by molar-refractivity contribution is 5.77. The molecule has 0 atom stereocenters. The van der Waals surface area contributed by atoms with Crippen LogP contribution in [0.25, 0.3) is 11.1 Å². The summed E-state index contributed by atoms with van der Waals surface area (Å²) < 4.78 is 47.0. The number of carboxylic acid groups (broad SMARTS) is 1. The second kappa shape index (κ2) is 6.65. The van der Waals surface area contributed by atoms with Gasteiger partial charge in [0, 0.05) is 24.3 Å². The van der Waals surface area contributed by atoms with E-state index in [9.17, 15) is 18.0 Å². The van der Waals surface area contributed by atoms with E-state index >= 15 is 0 Å². The van der Waals surface area contributed by atoms with Gasteiger partial charge in [-0.05, 0) is 67.5 Å². The van der Waals surface area contributed by atoms with Crippen molar-refractivity contribution in [3.63, 3.8) is 0 Å². The number of halogens is 3. The zero-order valence-electron chi connectivity index (χ0n) is 16.3. The molecule has 158 valence electrons. The van der Waals surface area contributed by atoms with Crippen molar-refractivity contribution in [1.29, 1.82) is 0 Å². The zero-order valence-corrected chi connectivity index (χ0v) is 16.3. The van der Waals surface area contributed by atoms with E-state index in [0.717, 1.165) is 43.0 Å². The van der Waals surface area contributed by atoms with Crippen molar-refractivity contribution in [3.8, 4) is 16.9 Å². The summed E-state index contributed by atoms with van der Waals surface area (Å²) in [6.07, 6.45) is -0.0970. The fourth-order valence-corrected chi connectivity index (χ4v) is 4.69. The Kier molecular flexibility index (Phi) is 4.27. The summed E-state index contributed by atoms with van der Waals surface area (Å²) >= 11 is 0. The van der Waals surface area contributed by atoms with E-state index < -0.39 is 23.6 Å². The number of rotatable bonds is 3. The molecule has 2 heterocycles. The molecule has 0 unspecified atom stereocenters. The molecule has 7 heteroatoms. The van der Waals surface area contributed by atoms with Gasteiger partial charge in [-0.3, -0.25) is 4.79 Å². The third-order valence-corrected chi connectivity index (χ3v) is 6.71. The number of hydrogen-bond donors (Lipinski definition) is 1. The molecular weight excluding hydrogens is 395 g/mol. The first kappa shape index (κ1) is 19.3. The zero-order chi connectivity index (χ0) is 21.1. The summed E-state index contributed by atoms with van der Waals surface area (Å²) in [5.74, 6) is -0.871. The lowest BCUT2D eigenvalue weighted by atomic mass is 9.74. The van der Waals surface area contributed by atoms with Gasteiger partial charge in [0.1, 0.15) is 11.4 Å². The number of carboxylic acids is 1. The van der Waals surface area contributed by atoms with Crippen molar-refractivity contribution in [2.75, 3.05) is 18.0 Å². The van der Waals surface area contributed by atoms with Gasteiger partial charge in [-0.2, -0.15) is 13.2 Å². The Balaban J connectivity index is 1.53. The normalized spacial score (nSPS) is 20.2. The first-order valence-electron chi connectivity index (χ1n) is 10.3. The first-order chi connectivity index (χ1) is 14.2. The van der Waals surface area contributed by atoms with Crippen LogP contribution in [0.4, 0.5) is 18.9 Å². The molecule has 2 aromatic carbocycles. The molecule has 1 N–H and O–H groups in total. The Bertz CT molecular complexity index is 1010. The van der Waals surface area contributed by atoms with Gasteiger partial charge in [0.2, 0.25) is 0 Å². The largest absolute Gasteiger partial charge is 0.487 e. The smallest absolute Gasteiger partial charge is 0.416 e. The van der Waals surface area contributed by atoms with Crippen molar-refractivity contribution >= 4 is 11.7 Å². The number of fused-ring (bicyclic) bond motifs is 1. The van der Waals surface area contributed by atoms with Crippen LogP contribution in [0.5, 0.6) is 5.75 Å². The quantitative estimate of drug-likeness (QED) is 0.751. The molecule has 2 fully saturated rings. The van der Waals surface area contributed by atoms with Gasteiger partial charge in [0.05, 0.1) is 11.5 Å². The number of anilines is 1. The average Bonchev–Trinajstić information content (AvgIpc) is 2.63. The summed E-state index contributed by atoms with van der Waals surface area (Å²) in [6, 6.07) is 9.69. The van der Waals surface area contributed by atoms with E-state index in [1.807, 2.05) is 23.1 Å². The van der Waals surface area contributed by atoms with Crippen LogP contribution in [-0.4, -0.2) is 29.8 Å². The van der Waals surface area contributed by atoms with Crippen LogP contribution in [0.15, 0.2) is 36.4 Å². The van der Waals surface area contributed by atoms with Crippen LogP contribution in [0.3, 0.4) is 0 Å². The Hall–Kier alpha value is -2.70. The summed E-state index contributed by atoms with van der Waals surface area (Å²) in [5.41, 5.74) is 1.90. The lowest BCUT2D eigenvalue weighted by Gasteiger charge is -2.45. The highest BCUT2D eigenvalue weighted by atomic mass is 19.4. The molecule has 0 radical (unpaired) electrons. The Morgan fingerprint density at radius 3 is 2.53 bits per heavy atom. The van der Waals surface area contributed by atoms with Gasteiger partial charge >= 0.3 is 12.1 Å². The fourth-order valence-electron chi connectivity index (χ4n) is 4.69. The molecule has 0 bridgehead atoms. The molecule has 1 aliphatic carbocycles. The van der Waals surface area contributed by atoms with Crippen molar-refractivity contribution in [3.05, 3.63) is 47.5 Å². The lowest BCUT2D eigenvalue weighted by Crippen LogP contribution is -2.50. The van der Waals surface area contributed by atoms with Crippen LogP contribution in [0, 0.1) is 5.92 Å². The Morgan fingerprint density at radius 1 is 1.13 bits per heavy atom. The summed E-state index contributed by atoms with van der Waals surface area (Å²) in [7, 11) is 0. The van der Waals surface area contributed by atoms with Gasteiger partial charge in [0.25, 0.3) is 0 Å². The number of carbonyl (C=O) groups is 1.